The second-order valence-corrected chi connectivity index (χ2v) is 17.0. The largest absolute Gasteiger partial charge is 0.488 e. The van der Waals surface area contributed by atoms with E-state index in [1.807, 2.05) is 58.7 Å². The number of nitrogens with zero attached hydrogens (tertiary/aromatic N) is 4. The molecule has 4 atom stereocenters. The number of rotatable bonds is 5. The van der Waals surface area contributed by atoms with Crippen molar-refractivity contribution in [2.75, 3.05) is 20.3 Å². The first-order valence-corrected chi connectivity index (χ1v) is 18.9. The normalized spacial score (nSPS) is 21.3. The Balaban J connectivity index is 1.07. The number of methoxy groups -OCH3 is 1. The summed E-state index contributed by atoms with van der Waals surface area (Å²) in [5.74, 6) is 2.49. The topological polar surface area (TPSA) is 135 Å². The van der Waals surface area contributed by atoms with Crippen LogP contribution in [0, 0.1) is 5.92 Å². The van der Waals surface area contributed by atoms with Gasteiger partial charge < -0.3 is 28.9 Å². The molecule has 0 radical (unpaired) electrons. The average molecular weight is 735 g/mol. The molecule has 0 bridgehead atoms. The second-order valence-electron chi connectivity index (χ2n) is 17.0. The number of amides is 2. The first-order chi connectivity index (χ1) is 25.7. The molecule has 5 heterocycles. The average Bonchev–Trinajstić information content (AvgIpc) is 3.91. The number of carbonyl (C=O) groups is 2. The van der Waals surface area contributed by atoms with E-state index in [1.54, 1.807) is 12.0 Å². The third kappa shape index (κ3) is 6.76. The summed E-state index contributed by atoms with van der Waals surface area (Å²) < 4.78 is 23.4. The molecule has 54 heavy (non-hydrogen) atoms. The van der Waals surface area contributed by atoms with Gasteiger partial charge in [0.2, 0.25) is 0 Å². The van der Waals surface area contributed by atoms with E-state index in [4.69, 9.17) is 28.9 Å². The molecule has 12 nitrogen and oxygen atoms in total. The molecule has 0 saturated carbocycles. The van der Waals surface area contributed by atoms with Gasteiger partial charge >= 0.3 is 12.2 Å². The number of H-pyrrole nitrogens is 2. The highest BCUT2D eigenvalue weighted by molar-refractivity contribution is 6.07. The van der Waals surface area contributed by atoms with Crippen LogP contribution in [0.15, 0.2) is 48.7 Å². The molecular weight excluding hydrogens is 684 g/mol. The van der Waals surface area contributed by atoms with E-state index in [9.17, 15) is 9.59 Å². The van der Waals surface area contributed by atoms with Gasteiger partial charge in [-0.15, -0.1) is 0 Å². The van der Waals surface area contributed by atoms with Gasteiger partial charge in [-0.25, -0.2) is 19.6 Å². The van der Waals surface area contributed by atoms with E-state index in [2.05, 4.69) is 53.3 Å². The fourth-order valence-electron chi connectivity index (χ4n) is 8.23. The van der Waals surface area contributed by atoms with Crippen molar-refractivity contribution in [3.05, 3.63) is 65.9 Å². The predicted molar refractivity (Wildman–Crippen MR) is 206 cm³/mol. The van der Waals surface area contributed by atoms with Crippen molar-refractivity contribution in [2.45, 2.75) is 104 Å². The van der Waals surface area contributed by atoms with Crippen LogP contribution in [0.3, 0.4) is 0 Å². The number of nitrogens with one attached hydrogen (secondary N) is 2. The molecule has 2 amide bonds. The van der Waals surface area contributed by atoms with Crippen LogP contribution in [-0.4, -0.2) is 79.4 Å². The van der Waals surface area contributed by atoms with Crippen molar-refractivity contribution < 1.29 is 28.5 Å². The molecule has 2 aromatic heterocycles. The molecule has 2 N–H and O–H groups in total. The van der Waals surface area contributed by atoms with Crippen LogP contribution in [0.25, 0.3) is 44.2 Å². The minimum absolute atomic E-state index is 0.0672. The summed E-state index contributed by atoms with van der Waals surface area (Å²) in [5.41, 5.74) is 5.69. The quantitative estimate of drug-likeness (QED) is 0.183. The number of hydrogen-bond acceptors (Lipinski definition) is 8. The van der Waals surface area contributed by atoms with Crippen LogP contribution >= 0.6 is 0 Å². The van der Waals surface area contributed by atoms with Gasteiger partial charge in [-0.2, -0.15) is 0 Å². The maximum Gasteiger partial charge on any atom is 0.411 e. The fraction of sp³-hybridized carbons (Fsp3) is 0.476. The number of benzene rings is 3. The molecule has 5 aromatic rings. The Morgan fingerprint density at radius 2 is 1.69 bits per heavy atom. The molecule has 2 saturated heterocycles. The Hall–Kier alpha value is -5.10. The van der Waals surface area contributed by atoms with Crippen molar-refractivity contribution in [3.63, 3.8) is 0 Å². The zero-order valence-corrected chi connectivity index (χ0v) is 32.4. The maximum atomic E-state index is 13.3. The van der Waals surface area contributed by atoms with E-state index in [1.165, 1.54) is 0 Å². The van der Waals surface area contributed by atoms with Gasteiger partial charge in [0.05, 0.1) is 41.6 Å². The summed E-state index contributed by atoms with van der Waals surface area (Å²) in [4.78, 5) is 46.9. The van der Waals surface area contributed by atoms with Crippen molar-refractivity contribution in [3.8, 4) is 28.1 Å². The van der Waals surface area contributed by atoms with Crippen LogP contribution in [0.1, 0.15) is 97.0 Å². The van der Waals surface area contributed by atoms with Gasteiger partial charge in [0.25, 0.3) is 0 Å². The smallest absolute Gasteiger partial charge is 0.411 e. The number of imidazole rings is 2. The molecule has 0 aliphatic carbocycles. The number of carbonyl (C=O) groups excluding carboxylic acids is 2. The lowest BCUT2D eigenvalue weighted by Crippen LogP contribution is -2.40. The highest BCUT2D eigenvalue weighted by Gasteiger charge is 2.41. The Labute approximate surface area is 315 Å². The Morgan fingerprint density at radius 1 is 0.907 bits per heavy atom. The predicted octanol–water partition coefficient (Wildman–Crippen LogP) is 9.07. The molecule has 3 aliphatic rings. The lowest BCUT2D eigenvalue weighted by molar-refractivity contribution is 0.0150. The van der Waals surface area contributed by atoms with Crippen molar-refractivity contribution in [2.24, 2.45) is 5.92 Å². The standard InChI is InChI=1S/C42H50N6O6/c1-23-9-14-33(48(23)40(50)54-42(5,6)7)37-43-19-32(45-37)26-10-12-28-27(16-26)22-52-35-18-29-25(17-30(28)35)11-13-31-36(29)46-38(44-31)34-15-24(21-51-8)20-47(34)39(49)53-41(2,3)4/h10-13,16-19,23-24,33-34H,9,14-15,20-22H2,1-8H3,(H,43,45)(H,44,46)/t23-,24-,33-,34-/m0/s1. The molecule has 0 spiro atoms. The molecular formula is C42H50N6O6. The summed E-state index contributed by atoms with van der Waals surface area (Å²) in [6.07, 6.45) is 3.63. The third-order valence-corrected chi connectivity index (χ3v) is 10.6. The van der Waals surface area contributed by atoms with E-state index >= 15 is 0 Å². The number of hydrogen-bond donors (Lipinski definition) is 2. The molecule has 8 rings (SSSR count). The lowest BCUT2D eigenvalue weighted by Gasteiger charge is -2.30. The van der Waals surface area contributed by atoms with Gasteiger partial charge in [0.15, 0.2) is 0 Å². The molecule has 3 aliphatic heterocycles. The van der Waals surface area contributed by atoms with Gasteiger partial charge in [-0.3, -0.25) is 9.80 Å². The highest BCUT2D eigenvalue weighted by atomic mass is 16.6. The molecule has 2 fully saturated rings. The van der Waals surface area contributed by atoms with E-state index in [0.29, 0.717) is 19.8 Å². The highest BCUT2D eigenvalue weighted by Crippen LogP contribution is 2.44. The lowest BCUT2D eigenvalue weighted by atomic mass is 9.92. The SMILES string of the molecule is COC[C@H]1C[C@@H](c2nc3ccc4cc5c(cc4c3[nH]2)OCc2cc(-c3cnc([C@@H]4CC[C@H](C)N4C(=O)OC(C)(C)C)[nH]3)ccc2-5)N(C(=O)OC(C)(C)C)C1. The molecule has 12 heteroatoms. The van der Waals surface area contributed by atoms with E-state index in [0.717, 1.165) is 86.4 Å². The summed E-state index contributed by atoms with van der Waals surface area (Å²) in [5, 5.41) is 2.06. The number of likely N-dealkylation sites (tertiary alicyclic amines) is 2. The first kappa shape index (κ1) is 35.9. The third-order valence-electron chi connectivity index (χ3n) is 10.6. The summed E-state index contributed by atoms with van der Waals surface area (Å²) in [7, 11) is 1.69. The number of aromatic amines is 2. The molecule has 284 valence electrons. The molecule has 3 aromatic carbocycles. The zero-order valence-electron chi connectivity index (χ0n) is 32.4. The zero-order chi connectivity index (χ0) is 38.1. The Kier molecular flexibility index (Phi) is 8.86. The van der Waals surface area contributed by atoms with Crippen LogP contribution < -0.4 is 4.74 Å². The van der Waals surface area contributed by atoms with Crippen LogP contribution in [0.2, 0.25) is 0 Å². The van der Waals surface area contributed by atoms with Gasteiger partial charge in [-0.1, -0.05) is 18.2 Å². The van der Waals surface area contributed by atoms with E-state index in [-0.39, 0.29) is 36.2 Å². The van der Waals surface area contributed by atoms with Crippen molar-refractivity contribution >= 4 is 34.0 Å². The Morgan fingerprint density at radius 3 is 2.44 bits per heavy atom. The number of fused-ring (bicyclic) bond motifs is 6. The van der Waals surface area contributed by atoms with Gasteiger partial charge in [-0.05, 0) is 114 Å². The van der Waals surface area contributed by atoms with Crippen LogP contribution in [0.4, 0.5) is 9.59 Å². The number of ether oxygens (including phenoxy) is 4. The van der Waals surface area contributed by atoms with Crippen molar-refractivity contribution in [1.29, 1.82) is 0 Å². The van der Waals surface area contributed by atoms with Gasteiger partial charge in [0, 0.05) is 36.6 Å². The van der Waals surface area contributed by atoms with Gasteiger partial charge in [0.1, 0.15) is 35.2 Å². The van der Waals surface area contributed by atoms with Crippen molar-refractivity contribution in [1.82, 2.24) is 29.7 Å². The summed E-state index contributed by atoms with van der Waals surface area (Å²) >= 11 is 0. The van der Waals surface area contributed by atoms with Crippen LogP contribution in [0.5, 0.6) is 5.75 Å². The molecule has 0 unspecified atom stereocenters. The summed E-state index contributed by atoms with van der Waals surface area (Å²) in [6.45, 7) is 14.9. The minimum atomic E-state index is -0.603. The number of aromatic nitrogens is 4. The Bertz CT molecular complexity index is 2250. The minimum Gasteiger partial charge on any atom is -0.488 e. The fourth-order valence-corrected chi connectivity index (χ4v) is 8.23. The van der Waals surface area contributed by atoms with Crippen LogP contribution in [-0.2, 0) is 20.8 Å². The maximum absolute atomic E-state index is 13.3. The van der Waals surface area contributed by atoms with E-state index < -0.39 is 11.2 Å². The second kappa shape index (κ2) is 13.3. The monoisotopic (exact) mass is 734 g/mol. The first-order valence-electron chi connectivity index (χ1n) is 18.9. The summed E-state index contributed by atoms with van der Waals surface area (Å²) in [6, 6.07) is 14.5.